The van der Waals surface area contributed by atoms with Gasteiger partial charge in [0.15, 0.2) is 0 Å². The zero-order valence-electron chi connectivity index (χ0n) is 16.1. The van der Waals surface area contributed by atoms with Gasteiger partial charge in [-0.3, -0.25) is 9.59 Å². The van der Waals surface area contributed by atoms with Gasteiger partial charge >= 0.3 is 0 Å². The molecule has 2 aromatic rings. The van der Waals surface area contributed by atoms with Crippen LogP contribution >= 0.6 is 11.6 Å². The number of ether oxygens (including phenoxy) is 1. The number of hydrogen-bond donors (Lipinski definition) is 1. The Morgan fingerprint density at radius 3 is 2.82 bits per heavy atom. The van der Waals surface area contributed by atoms with E-state index in [0.29, 0.717) is 13.2 Å². The van der Waals surface area contributed by atoms with E-state index in [4.69, 9.17) is 16.3 Å². The molecule has 1 aromatic carbocycles. The molecule has 2 heterocycles. The van der Waals surface area contributed by atoms with Crippen LogP contribution in [-0.4, -0.2) is 47.5 Å². The van der Waals surface area contributed by atoms with E-state index < -0.39 is 0 Å². The monoisotopic (exact) mass is 401 g/mol. The Morgan fingerprint density at radius 2 is 2.11 bits per heavy atom. The second-order valence-electron chi connectivity index (χ2n) is 6.96. The number of carbonyl (C=O) groups is 2. The number of nitrogens with zero attached hydrogens (tertiary/aromatic N) is 2. The molecule has 6 nitrogen and oxygen atoms in total. The van der Waals surface area contributed by atoms with Crippen LogP contribution in [0.3, 0.4) is 0 Å². The lowest BCUT2D eigenvalue weighted by Gasteiger charge is -2.25. The summed E-state index contributed by atoms with van der Waals surface area (Å²) >= 11 is 6.09. The predicted octanol–water partition coefficient (Wildman–Crippen LogP) is 3.61. The number of amides is 2. The first kappa shape index (κ1) is 20.3. The van der Waals surface area contributed by atoms with Gasteiger partial charge in [0.2, 0.25) is 5.91 Å². The maximum absolute atomic E-state index is 13.0. The quantitative estimate of drug-likeness (QED) is 0.750. The number of rotatable bonds is 6. The van der Waals surface area contributed by atoms with Crippen molar-refractivity contribution in [3.63, 3.8) is 0 Å². The number of nitrogens with one attached hydrogen (secondary N) is 1. The fraction of sp³-hybridized carbons (Fsp3) is 0.381. The molecule has 1 atom stereocenters. The zero-order valence-corrected chi connectivity index (χ0v) is 16.8. The summed E-state index contributed by atoms with van der Waals surface area (Å²) in [7, 11) is 0. The van der Waals surface area contributed by atoms with Crippen molar-refractivity contribution in [2.24, 2.45) is 0 Å². The van der Waals surface area contributed by atoms with Crippen molar-refractivity contribution in [3.8, 4) is 0 Å². The van der Waals surface area contributed by atoms with Crippen LogP contribution in [0, 0.1) is 13.8 Å². The minimum atomic E-state index is -0.329. The number of aromatic nitrogens is 1. The normalized spacial score (nSPS) is 16.0. The van der Waals surface area contributed by atoms with Gasteiger partial charge in [-0.05, 0) is 56.0 Å². The van der Waals surface area contributed by atoms with E-state index in [1.165, 1.54) is 11.1 Å². The zero-order chi connectivity index (χ0) is 20.1. The van der Waals surface area contributed by atoms with Crippen LogP contribution in [-0.2, 0) is 9.53 Å². The van der Waals surface area contributed by atoms with E-state index in [-0.39, 0.29) is 35.2 Å². The molecule has 1 N–H and O–H groups in total. The van der Waals surface area contributed by atoms with Crippen molar-refractivity contribution in [2.45, 2.75) is 32.8 Å². The summed E-state index contributed by atoms with van der Waals surface area (Å²) in [5.74, 6) is -0.593. The number of anilines is 1. The highest BCUT2D eigenvalue weighted by Crippen LogP contribution is 2.20. The van der Waals surface area contributed by atoms with Crippen molar-refractivity contribution in [1.82, 2.24) is 9.88 Å². The van der Waals surface area contributed by atoms with Gasteiger partial charge in [0.05, 0.1) is 11.7 Å². The third-order valence-electron chi connectivity index (χ3n) is 4.94. The Hall–Kier alpha value is -2.44. The van der Waals surface area contributed by atoms with Crippen LogP contribution in [0.15, 0.2) is 36.5 Å². The van der Waals surface area contributed by atoms with Gasteiger partial charge in [-0.15, -0.1) is 0 Å². The standard InChI is InChI=1S/C21H24ClN3O3/c1-14-6-3-9-18(15(14)2)24-19(26)13-25(12-16-7-5-11-28-16)21(27)17-8-4-10-23-20(17)22/h3-4,6,8-10,16H,5,7,11-13H2,1-2H3,(H,24,26). The van der Waals surface area contributed by atoms with Crippen LogP contribution < -0.4 is 5.32 Å². The summed E-state index contributed by atoms with van der Waals surface area (Å²) in [5, 5.41) is 3.03. The van der Waals surface area contributed by atoms with Gasteiger partial charge in [-0.2, -0.15) is 0 Å². The minimum Gasteiger partial charge on any atom is -0.376 e. The van der Waals surface area contributed by atoms with Crippen molar-refractivity contribution in [2.75, 3.05) is 25.0 Å². The van der Waals surface area contributed by atoms with Gasteiger partial charge in [0.1, 0.15) is 11.7 Å². The third-order valence-corrected chi connectivity index (χ3v) is 5.24. The molecule has 0 radical (unpaired) electrons. The van der Waals surface area contributed by atoms with Crippen molar-refractivity contribution < 1.29 is 14.3 Å². The number of halogens is 1. The molecule has 0 saturated carbocycles. The van der Waals surface area contributed by atoms with E-state index in [1.807, 2.05) is 32.0 Å². The average Bonchev–Trinajstić information content (AvgIpc) is 3.18. The minimum absolute atomic E-state index is 0.0760. The topological polar surface area (TPSA) is 71.5 Å². The smallest absolute Gasteiger partial charge is 0.257 e. The lowest BCUT2D eigenvalue weighted by atomic mass is 10.1. The molecule has 2 amide bonds. The van der Waals surface area contributed by atoms with Crippen LogP contribution in [0.5, 0.6) is 0 Å². The molecule has 0 aliphatic carbocycles. The highest BCUT2D eigenvalue weighted by atomic mass is 35.5. The number of benzene rings is 1. The number of aryl methyl sites for hydroxylation is 1. The molecule has 3 rings (SSSR count). The van der Waals surface area contributed by atoms with Crippen LogP contribution in [0.25, 0.3) is 0 Å². The summed E-state index contributed by atoms with van der Waals surface area (Å²) in [4.78, 5) is 31.2. The first-order valence-corrected chi connectivity index (χ1v) is 9.71. The first-order valence-electron chi connectivity index (χ1n) is 9.33. The SMILES string of the molecule is Cc1cccc(NC(=O)CN(CC2CCCO2)C(=O)c2cccnc2Cl)c1C. The molecule has 1 aliphatic heterocycles. The molecule has 0 spiro atoms. The Morgan fingerprint density at radius 1 is 1.29 bits per heavy atom. The highest BCUT2D eigenvalue weighted by Gasteiger charge is 2.26. The van der Waals surface area contributed by atoms with Gasteiger partial charge < -0.3 is 15.0 Å². The molecule has 1 fully saturated rings. The van der Waals surface area contributed by atoms with E-state index in [0.717, 1.165) is 29.7 Å². The molecule has 28 heavy (non-hydrogen) atoms. The number of carbonyl (C=O) groups excluding carboxylic acids is 2. The van der Waals surface area contributed by atoms with Gasteiger partial charge in [0.25, 0.3) is 5.91 Å². The van der Waals surface area contributed by atoms with E-state index in [2.05, 4.69) is 10.3 Å². The summed E-state index contributed by atoms with van der Waals surface area (Å²) < 4.78 is 5.66. The molecule has 0 bridgehead atoms. The van der Waals surface area contributed by atoms with Crippen molar-refractivity contribution in [1.29, 1.82) is 0 Å². The molecule has 1 unspecified atom stereocenters. The number of hydrogen-bond acceptors (Lipinski definition) is 4. The largest absolute Gasteiger partial charge is 0.376 e. The molecular formula is C21H24ClN3O3. The van der Waals surface area contributed by atoms with Crippen LogP contribution in [0.1, 0.15) is 34.3 Å². The lowest BCUT2D eigenvalue weighted by Crippen LogP contribution is -2.42. The average molecular weight is 402 g/mol. The van der Waals surface area contributed by atoms with Crippen molar-refractivity contribution in [3.05, 3.63) is 58.4 Å². The Kier molecular flexibility index (Phi) is 6.65. The van der Waals surface area contributed by atoms with Gasteiger partial charge in [-0.25, -0.2) is 4.98 Å². The summed E-state index contributed by atoms with van der Waals surface area (Å²) in [6, 6.07) is 9.00. The maximum Gasteiger partial charge on any atom is 0.257 e. The summed E-state index contributed by atoms with van der Waals surface area (Å²) in [5.41, 5.74) is 3.12. The lowest BCUT2D eigenvalue weighted by molar-refractivity contribution is -0.117. The first-order chi connectivity index (χ1) is 13.5. The molecule has 1 aromatic heterocycles. The molecule has 1 saturated heterocycles. The summed E-state index contributed by atoms with van der Waals surface area (Å²) in [6.07, 6.45) is 3.27. The summed E-state index contributed by atoms with van der Waals surface area (Å²) in [6.45, 7) is 4.87. The van der Waals surface area contributed by atoms with Crippen LogP contribution in [0.2, 0.25) is 5.15 Å². The van der Waals surface area contributed by atoms with E-state index >= 15 is 0 Å². The Balaban J connectivity index is 1.76. The predicted molar refractivity (Wildman–Crippen MR) is 109 cm³/mol. The number of pyridine rings is 1. The molecule has 7 heteroatoms. The second kappa shape index (κ2) is 9.17. The maximum atomic E-state index is 13.0. The fourth-order valence-corrected chi connectivity index (χ4v) is 3.42. The van der Waals surface area contributed by atoms with E-state index in [9.17, 15) is 9.59 Å². The molecule has 1 aliphatic rings. The van der Waals surface area contributed by atoms with Crippen LogP contribution in [0.4, 0.5) is 5.69 Å². The van der Waals surface area contributed by atoms with Gasteiger partial charge in [-0.1, -0.05) is 23.7 Å². The molecule has 148 valence electrons. The second-order valence-corrected chi connectivity index (χ2v) is 7.32. The molecular weight excluding hydrogens is 378 g/mol. The van der Waals surface area contributed by atoms with Crippen molar-refractivity contribution >= 4 is 29.1 Å². The Bertz CT molecular complexity index is 866. The highest BCUT2D eigenvalue weighted by molar-refractivity contribution is 6.32. The van der Waals surface area contributed by atoms with E-state index in [1.54, 1.807) is 12.1 Å². The fourth-order valence-electron chi connectivity index (χ4n) is 3.22. The Labute approximate surface area is 169 Å². The van der Waals surface area contributed by atoms with Gasteiger partial charge in [0, 0.05) is 25.0 Å². The third kappa shape index (κ3) is 4.88.